The number of nitrogens with zero attached hydrogens (tertiary/aromatic N) is 4. The van der Waals surface area contributed by atoms with Crippen molar-refractivity contribution in [1.82, 2.24) is 24.9 Å². The second-order valence-corrected chi connectivity index (χ2v) is 8.46. The lowest BCUT2D eigenvalue weighted by Crippen LogP contribution is -2.34. The fourth-order valence-electron chi connectivity index (χ4n) is 3.96. The third kappa shape index (κ3) is 5.33. The van der Waals surface area contributed by atoms with Crippen molar-refractivity contribution < 1.29 is 13.9 Å². The first-order valence-electron chi connectivity index (χ1n) is 11.7. The summed E-state index contributed by atoms with van der Waals surface area (Å²) in [4.78, 5) is 21.6. The summed E-state index contributed by atoms with van der Waals surface area (Å²) in [6.07, 6.45) is 3.97. The minimum absolute atomic E-state index is 0.0453. The molecule has 3 heterocycles. The lowest BCUT2D eigenvalue weighted by molar-refractivity contribution is -0.122. The Morgan fingerprint density at radius 1 is 1.19 bits per heavy atom. The summed E-state index contributed by atoms with van der Waals surface area (Å²) in [5.41, 5.74) is 3.65. The third-order valence-electron chi connectivity index (χ3n) is 5.84. The van der Waals surface area contributed by atoms with Crippen LogP contribution in [0, 0.1) is 5.82 Å². The molecule has 2 aromatic carbocycles. The van der Waals surface area contributed by atoms with E-state index in [1.807, 2.05) is 43.3 Å². The number of anilines is 2. The molecule has 1 amide bonds. The largest absolute Gasteiger partial charge is 0.356 e. The highest BCUT2D eigenvalue weighted by Crippen LogP contribution is 2.22. The second kappa shape index (κ2) is 10.5. The van der Waals surface area contributed by atoms with E-state index in [1.54, 1.807) is 22.9 Å². The number of aromatic nitrogens is 4. The van der Waals surface area contributed by atoms with Crippen LogP contribution in [0.15, 0.2) is 66.4 Å². The molecule has 0 spiro atoms. The zero-order valence-corrected chi connectivity index (χ0v) is 19.7. The van der Waals surface area contributed by atoms with Gasteiger partial charge in [-0.1, -0.05) is 42.5 Å². The first-order chi connectivity index (χ1) is 17.6. The Hall–Kier alpha value is -4.31. The Labute approximate surface area is 207 Å². The van der Waals surface area contributed by atoms with Crippen LogP contribution in [0.5, 0.6) is 0 Å². The molecule has 0 bridgehead atoms. The van der Waals surface area contributed by atoms with Gasteiger partial charge < -0.3 is 20.7 Å². The van der Waals surface area contributed by atoms with Crippen LogP contribution < -0.4 is 16.0 Å². The number of amides is 1. The van der Waals surface area contributed by atoms with Crippen LogP contribution in [0.1, 0.15) is 29.7 Å². The summed E-state index contributed by atoms with van der Waals surface area (Å²) in [5.74, 6) is 0.447. The maximum atomic E-state index is 13.6. The van der Waals surface area contributed by atoms with Crippen molar-refractivity contribution in [2.45, 2.75) is 19.4 Å². The number of rotatable bonds is 8. The predicted octanol–water partition coefficient (Wildman–Crippen LogP) is 3.58. The molecule has 4 aromatic rings. The number of fused-ring (bicyclic) bond motifs is 1. The van der Waals surface area contributed by atoms with Crippen molar-refractivity contribution in [1.29, 1.82) is 0 Å². The van der Waals surface area contributed by atoms with E-state index in [0.29, 0.717) is 41.6 Å². The molecule has 1 aliphatic rings. The van der Waals surface area contributed by atoms with Gasteiger partial charge in [0.15, 0.2) is 5.65 Å². The van der Waals surface area contributed by atoms with Gasteiger partial charge in [-0.3, -0.25) is 4.79 Å². The van der Waals surface area contributed by atoms with E-state index in [-0.39, 0.29) is 31.1 Å². The summed E-state index contributed by atoms with van der Waals surface area (Å²) in [6, 6.07) is 16.5. The van der Waals surface area contributed by atoms with Crippen molar-refractivity contribution in [3.63, 3.8) is 0 Å². The van der Waals surface area contributed by atoms with Crippen molar-refractivity contribution in [2.75, 3.05) is 30.5 Å². The lowest BCUT2D eigenvalue weighted by atomic mass is 10.1. The van der Waals surface area contributed by atoms with Gasteiger partial charge in [-0.15, -0.1) is 0 Å². The van der Waals surface area contributed by atoms with Crippen LogP contribution in [0.25, 0.3) is 11.7 Å². The van der Waals surface area contributed by atoms with Crippen molar-refractivity contribution >= 4 is 29.5 Å². The lowest BCUT2D eigenvalue weighted by Gasteiger charge is -2.16. The van der Waals surface area contributed by atoms with Crippen LogP contribution in [-0.4, -0.2) is 45.4 Å². The van der Waals surface area contributed by atoms with E-state index in [2.05, 4.69) is 26.0 Å². The van der Waals surface area contributed by atoms with E-state index in [9.17, 15) is 9.18 Å². The molecule has 2 aromatic heterocycles. The van der Waals surface area contributed by atoms with Gasteiger partial charge in [0.2, 0.25) is 11.9 Å². The molecule has 5 rings (SSSR count). The molecule has 184 valence electrons. The van der Waals surface area contributed by atoms with E-state index in [1.165, 1.54) is 12.1 Å². The molecular formula is C26H26FN7O2. The summed E-state index contributed by atoms with van der Waals surface area (Å²) in [6.45, 7) is 2.94. The number of ether oxygens (including phenoxy) is 1. The predicted molar refractivity (Wildman–Crippen MR) is 135 cm³/mol. The Morgan fingerprint density at radius 3 is 2.86 bits per heavy atom. The smallest absolute Gasteiger partial charge is 0.251 e. The highest BCUT2D eigenvalue weighted by molar-refractivity contribution is 5.99. The minimum Gasteiger partial charge on any atom is -0.356 e. The molecule has 1 unspecified atom stereocenters. The van der Waals surface area contributed by atoms with Gasteiger partial charge in [0.1, 0.15) is 12.5 Å². The van der Waals surface area contributed by atoms with Crippen molar-refractivity contribution in [3.05, 3.63) is 88.9 Å². The highest BCUT2D eigenvalue weighted by atomic mass is 19.1. The van der Waals surface area contributed by atoms with Gasteiger partial charge in [0.25, 0.3) is 5.91 Å². The van der Waals surface area contributed by atoms with Crippen LogP contribution in [0.3, 0.4) is 0 Å². The SMILES string of the molecule is CC(Nc1nc(NCCc2cccc(F)c2)n2ncc(/C=C3\COCNC3=O)c2n1)c1ccccc1. The summed E-state index contributed by atoms with van der Waals surface area (Å²) >= 11 is 0. The third-order valence-corrected chi connectivity index (χ3v) is 5.84. The molecule has 9 nitrogen and oxygen atoms in total. The van der Waals surface area contributed by atoms with Gasteiger partial charge in [0, 0.05) is 17.7 Å². The first-order valence-corrected chi connectivity index (χ1v) is 11.7. The van der Waals surface area contributed by atoms with Gasteiger partial charge in [-0.05, 0) is 42.7 Å². The number of hydrogen-bond donors (Lipinski definition) is 3. The quantitative estimate of drug-likeness (QED) is 0.326. The average Bonchev–Trinajstić information content (AvgIpc) is 3.29. The maximum Gasteiger partial charge on any atom is 0.251 e. The molecule has 10 heteroatoms. The molecule has 1 saturated heterocycles. The monoisotopic (exact) mass is 487 g/mol. The van der Waals surface area contributed by atoms with Crippen molar-refractivity contribution in [3.8, 4) is 0 Å². The van der Waals surface area contributed by atoms with Gasteiger partial charge in [-0.2, -0.15) is 19.6 Å². The first kappa shape index (κ1) is 23.4. The fourth-order valence-corrected chi connectivity index (χ4v) is 3.96. The Balaban J connectivity index is 1.46. The number of benzene rings is 2. The zero-order valence-electron chi connectivity index (χ0n) is 19.7. The average molecular weight is 488 g/mol. The summed E-state index contributed by atoms with van der Waals surface area (Å²) < 4.78 is 20.5. The highest BCUT2D eigenvalue weighted by Gasteiger charge is 2.18. The number of carbonyl (C=O) groups excluding carboxylic acids is 1. The molecular weight excluding hydrogens is 461 g/mol. The van der Waals surface area contributed by atoms with Gasteiger partial charge >= 0.3 is 0 Å². The van der Waals surface area contributed by atoms with Gasteiger partial charge in [0.05, 0.1) is 18.8 Å². The molecule has 1 aliphatic heterocycles. The molecule has 1 atom stereocenters. The standard InChI is InChI=1S/C26H26FN7O2/c1-17(19-7-3-2-4-8-19)31-25-32-23-20(13-21-15-36-16-29-24(21)35)14-30-34(23)26(33-25)28-11-10-18-6-5-9-22(27)12-18/h2-9,12-14,17H,10-11,15-16H2,1H3,(H,29,35)(H2,28,31,32,33)/b21-13+. The molecule has 1 fully saturated rings. The zero-order chi connectivity index (χ0) is 24.9. The Morgan fingerprint density at radius 2 is 2.06 bits per heavy atom. The molecule has 0 aliphatic carbocycles. The van der Waals surface area contributed by atoms with E-state index >= 15 is 0 Å². The second-order valence-electron chi connectivity index (χ2n) is 8.46. The Bertz CT molecular complexity index is 1400. The molecule has 0 saturated carbocycles. The topological polar surface area (TPSA) is 105 Å². The summed E-state index contributed by atoms with van der Waals surface area (Å²) in [5, 5.41) is 13.8. The number of nitrogens with one attached hydrogen (secondary N) is 3. The number of carbonyl (C=O) groups is 1. The van der Waals surface area contributed by atoms with Crippen LogP contribution >= 0.6 is 0 Å². The number of halogens is 1. The minimum atomic E-state index is -0.265. The molecule has 36 heavy (non-hydrogen) atoms. The summed E-state index contributed by atoms with van der Waals surface area (Å²) in [7, 11) is 0. The van der Waals surface area contributed by atoms with Crippen molar-refractivity contribution in [2.24, 2.45) is 0 Å². The normalized spacial score (nSPS) is 15.6. The molecule has 0 radical (unpaired) electrons. The van der Waals surface area contributed by atoms with Gasteiger partial charge in [-0.25, -0.2) is 4.39 Å². The Kier molecular flexibility index (Phi) is 6.85. The number of hydrogen-bond acceptors (Lipinski definition) is 7. The fraction of sp³-hybridized carbons (Fsp3) is 0.231. The maximum absolute atomic E-state index is 13.6. The van der Waals surface area contributed by atoms with E-state index in [4.69, 9.17) is 9.72 Å². The molecule has 3 N–H and O–H groups in total. The van der Waals surface area contributed by atoms with Crippen LogP contribution in [-0.2, 0) is 16.0 Å². The van der Waals surface area contributed by atoms with Crippen LogP contribution in [0.4, 0.5) is 16.3 Å². The van der Waals surface area contributed by atoms with Crippen LogP contribution in [0.2, 0.25) is 0 Å². The van der Waals surface area contributed by atoms with E-state index < -0.39 is 0 Å². The van der Waals surface area contributed by atoms with E-state index in [0.717, 1.165) is 11.1 Å².